The molecular weight excluding hydrogens is 292 g/mol. The summed E-state index contributed by atoms with van der Waals surface area (Å²) in [6.45, 7) is 0.848. The first-order valence-electron chi connectivity index (χ1n) is 7.55. The Morgan fingerprint density at radius 2 is 2.13 bits per heavy atom. The summed E-state index contributed by atoms with van der Waals surface area (Å²) in [5.41, 5.74) is 6.88. The molecule has 0 fully saturated rings. The van der Waals surface area contributed by atoms with Crippen molar-refractivity contribution in [3.8, 4) is 6.07 Å². The zero-order chi connectivity index (χ0) is 16.7. The molecule has 6 nitrogen and oxygen atoms in total. The minimum absolute atomic E-state index is 0.145. The van der Waals surface area contributed by atoms with Crippen molar-refractivity contribution in [3.63, 3.8) is 0 Å². The van der Waals surface area contributed by atoms with Crippen LogP contribution in [0.3, 0.4) is 0 Å². The van der Waals surface area contributed by atoms with Crippen LogP contribution in [-0.4, -0.2) is 35.3 Å². The molecule has 0 spiro atoms. The van der Waals surface area contributed by atoms with Crippen LogP contribution in [0.1, 0.15) is 18.4 Å². The van der Waals surface area contributed by atoms with Crippen LogP contribution in [0.5, 0.6) is 0 Å². The van der Waals surface area contributed by atoms with Crippen molar-refractivity contribution < 1.29 is 9.59 Å². The number of hydrogen-bond acceptors (Lipinski definition) is 4. The van der Waals surface area contributed by atoms with Gasteiger partial charge in [0, 0.05) is 19.5 Å². The molecule has 0 radical (unpaired) electrons. The van der Waals surface area contributed by atoms with Crippen LogP contribution in [0.4, 0.5) is 0 Å². The fourth-order valence-electron chi connectivity index (χ4n) is 2.37. The van der Waals surface area contributed by atoms with Crippen molar-refractivity contribution in [2.24, 2.45) is 5.73 Å². The number of nitrogens with zero attached hydrogens (tertiary/aromatic N) is 2. The summed E-state index contributed by atoms with van der Waals surface area (Å²) in [5, 5.41) is 11.8. The van der Waals surface area contributed by atoms with Crippen molar-refractivity contribution >= 4 is 11.8 Å². The Morgan fingerprint density at radius 3 is 2.83 bits per heavy atom. The molecule has 0 bridgehead atoms. The molecule has 0 unspecified atom stereocenters. The molecule has 2 rings (SSSR count). The van der Waals surface area contributed by atoms with Crippen molar-refractivity contribution in [2.45, 2.75) is 31.5 Å². The summed E-state index contributed by atoms with van der Waals surface area (Å²) in [6, 6.07) is 10.3. The molecule has 0 saturated heterocycles. The minimum Gasteiger partial charge on any atom is -0.352 e. The van der Waals surface area contributed by atoms with Crippen LogP contribution in [0, 0.1) is 11.3 Å². The number of rotatable bonds is 6. The zero-order valence-electron chi connectivity index (χ0n) is 12.8. The van der Waals surface area contributed by atoms with Gasteiger partial charge in [0.2, 0.25) is 11.8 Å². The van der Waals surface area contributed by atoms with Crippen LogP contribution in [0.15, 0.2) is 42.5 Å². The largest absolute Gasteiger partial charge is 0.352 e. The minimum atomic E-state index is -0.770. The fraction of sp³-hybridized carbons (Fsp3) is 0.353. The fourth-order valence-corrected chi connectivity index (χ4v) is 2.37. The van der Waals surface area contributed by atoms with Gasteiger partial charge in [-0.15, -0.1) is 0 Å². The van der Waals surface area contributed by atoms with Gasteiger partial charge < -0.3 is 16.0 Å². The molecule has 0 saturated carbocycles. The van der Waals surface area contributed by atoms with Gasteiger partial charge in [-0.1, -0.05) is 36.4 Å². The number of carbonyl (C=O) groups excluding carboxylic acids is 2. The van der Waals surface area contributed by atoms with Gasteiger partial charge in [0.25, 0.3) is 0 Å². The van der Waals surface area contributed by atoms with Gasteiger partial charge >= 0.3 is 0 Å². The van der Waals surface area contributed by atoms with Crippen molar-refractivity contribution in [1.29, 1.82) is 5.26 Å². The molecule has 1 aromatic rings. The Kier molecular flexibility index (Phi) is 5.89. The smallest absolute Gasteiger partial charge is 0.241 e. The maximum atomic E-state index is 12.2. The summed E-state index contributed by atoms with van der Waals surface area (Å²) in [5.74, 6) is -0.439. The van der Waals surface area contributed by atoms with Gasteiger partial charge in [-0.05, 0) is 18.1 Å². The van der Waals surface area contributed by atoms with Gasteiger partial charge in [-0.2, -0.15) is 5.26 Å². The number of nitrogens with one attached hydrogen (secondary N) is 1. The normalized spacial score (nSPS) is 17.6. The summed E-state index contributed by atoms with van der Waals surface area (Å²) in [6.07, 6.45) is 3.88. The van der Waals surface area contributed by atoms with E-state index < -0.39 is 12.1 Å². The Labute approximate surface area is 135 Å². The number of carbonyl (C=O) groups is 2. The molecule has 0 aliphatic carbocycles. The quantitative estimate of drug-likeness (QED) is 0.755. The zero-order valence-corrected chi connectivity index (χ0v) is 12.8. The van der Waals surface area contributed by atoms with E-state index in [2.05, 4.69) is 5.32 Å². The molecule has 2 amide bonds. The second-order valence-corrected chi connectivity index (χ2v) is 5.40. The number of nitrogens with two attached hydrogens (primary N) is 1. The van der Waals surface area contributed by atoms with E-state index in [9.17, 15) is 9.59 Å². The lowest BCUT2D eigenvalue weighted by Gasteiger charge is -2.23. The summed E-state index contributed by atoms with van der Waals surface area (Å²) in [7, 11) is 0. The monoisotopic (exact) mass is 312 g/mol. The number of amides is 2. The van der Waals surface area contributed by atoms with Crippen molar-refractivity contribution in [2.75, 3.05) is 6.54 Å². The van der Waals surface area contributed by atoms with E-state index >= 15 is 0 Å². The van der Waals surface area contributed by atoms with E-state index in [0.29, 0.717) is 13.1 Å². The Hall–Kier alpha value is -2.65. The van der Waals surface area contributed by atoms with Crippen LogP contribution in [0.2, 0.25) is 0 Å². The van der Waals surface area contributed by atoms with Gasteiger partial charge in [-0.3, -0.25) is 9.59 Å². The van der Waals surface area contributed by atoms with Crippen LogP contribution >= 0.6 is 0 Å². The number of nitriles is 1. The summed E-state index contributed by atoms with van der Waals surface area (Å²) >= 11 is 0. The molecule has 120 valence electrons. The number of benzene rings is 1. The van der Waals surface area contributed by atoms with Crippen LogP contribution in [-0.2, 0) is 16.1 Å². The summed E-state index contributed by atoms with van der Waals surface area (Å²) < 4.78 is 0. The first-order valence-corrected chi connectivity index (χ1v) is 7.55. The molecule has 1 heterocycles. The molecule has 3 N–H and O–H groups in total. The van der Waals surface area contributed by atoms with E-state index in [1.54, 1.807) is 12.2 Å². The predicted molar refractivity (Wildman–Crippen MR) is 85.8 cm³/mol. The van der Waals surface area contributed by atoms with Crippen molar-refractivity contribution in [1.82, 2.24) is 10.2 Å². The second-order valence-electron chi connectivity index (χ2n) is 5.40. The maximum absolute atomic E-state index is 12.2. The maximum Gasteiger partial charge on any atom is 0.241 e. The lowest BCUT2D eigenvalue weighted by atomic mass is 10.1. The molecule has 6 heteroatoms. The lowest BCUT2D eigenvalue weighted by Crippen LogP contribution is -2.46. The molecule has 1 aromatic carbocycles. The first kappa shape index (κ1) is 16.7. The van der Waals surface area contributed by atoms with Gasteiger partial charge in [0.1, 0.15) is 6.04 Å². The Balaban J connectivity index is 1.73. The van der Waals surface area contributed by atoms with Crippen LogP contribution < -0.4 is 11.1 Å². The third kappa shape index (κ3) is 4.66. The third-order valence-electron chi connectivity index (χ3n) is 3.70. The molecule has 0 aromatic heterocycles. The van der Waals surface area contributed by atoms with E-state index in [0.717, 1.165) is 5.56 Å². The highest BCUT2D eigenvalue weighted by atomic mass is 16.2. The molecule has 2 atom stereocenters. The van der Waals surface area contributed by atoms with E-state index in [1.807, 2.05) is 36.4 Å². The SMILES string of the molecule is N#C[C@@H]1C=CCN1C(=O)[C@@H](N)CCC(=O)NCc1ccccc1. The molecule has 1 aliphatic heterocycles. The van der Waals surface area contributed by atoms with E-state index in [-0.39, 0.29) is 24.7 Å². The standard InChI is InChI=1S/C17H20N4O2/c18-11-14-7-4-10-21(14)17(23)15(19)8-9-16(22)20-12-13-5-2-1-3-6-13/h1-7,14-15H,8-10,12,19H2,(H,20,22)/t14-,15-/m0/s1. The molecule has 1 aliphatic rings. The second kappa shape index (κ2) is 8.11. The van der Waals surface area contributed by atoms with Gasteiger partial charge in [-0.25, -0.2) is 0 Å². The van der Waals surface area contributed by atoms with Gasteiger partial charge in [0.15, 0.2) is 0 Å². The summed E-state index contributed by atoms with van der Waals surface area (Å²) in [4.78, 5) is 25.4. The van der Waals surface area contributed by atoms with Crippen molar-refractivity contribution in [3.05, 3.63) is 48.0 Å². The van der Waals surface area contributed by atoms with E-state index in [1.165, 1.54) is 4.90 Å². The lowest BCUT2D eigenvalue weighted by molar-refractivity contribution is -0.132. The van der Waals surface area contributed by atoms with E-state index in [4.69, 9.17) is 11.0 Å². The predicted octanol–water partition coefficient (Wildman–Crippen LogP) is 0.701. The topological polar surface area (TPSA) is 99.2 Å². The average Bonchev–Trinajstić information content (AvgIpc) is 3.06. The first-order chi connectivity index (χ1) is 11.1. The molecule has 23 heavy (non-hydrogen) atoms. The highest BCUT2D eigenvalue weighted by Gasteiger charge is 2.28. The number of hydrogen-bond donors (Lipinski definition) is 2. The Bertz CT molecular complexity index is 621. The molecular formula is C17H20N4O2. The highest BCUT2D eigenvalue weighted by Crippen LogP contribution is 2.11. The highest BCUT2D eigenvalue weighted by molar-refractivity contribution is 5.84. The van der Waals surface area contributed by atoms with Crippen LogP contribution in [0.25, 0.3) is 0 Å². The Morgan fingerprint density at radius 1 is 1.39 bits per heavy atom. The third-order valence-corrected chi connectivity index (χ3v) is 3.70. The van der Waals surface area contributed by atoms with Gasteiger partial charge in [0.05, 0.1) is 12.1 Å². The average molecular weight is 312 g/mol.